The van der Waals surface area contributed by atoms with Gasteiger partial charge >= 0.3 is 0 Å². The van der Waals surface area contributed by atoms with E-state index >= 15 is 0 Å². The Labute approximate surface area is 85.9 Å². The van der Waals surface area contributed by atoms with Crippen LogP contribution in [0.2, 0.25) is 0 Å². The second-order valence-corrected chi connectivity index (χ2v) is 3.32. The maximum absolute atomic E-state index is 5.23. The SMILES string of the molecule is C#CCN(C)Cc1ccc(NC)cc1. The van der Waals surface area contributed by atoms with E-state index in [9.17, 15) is 0 Å². The minimum atomic E-state index is 0.688. The fraction of sp³-hybridized carbons (Fsp3) is 0.333. The third-order valence-corrected chi connectivity index (χ3v) is 2.06. The highest BCUT2D eigenvalue weighted by Crippen LogP contribution is 2.09. The van der Waals surface area contributed by atoms with E-state index in [1.165, 1.54) is 5.56 Å². The molecule has 0 fully saturated rings. The molecule has 0 aliphatic heterocycles. The lowest BCUT2D eigenvalue weighted by Crippen LogP contribution is -2.17. The zero-order valence-electron chi connectivity index (χ0n) is 8.75. The maximum Gasteiger partial charge on any atom is 0.0599 e. The Morgan fingerprint density at radius 3 is 2.50 bits per heavy atom. The second kappa shape index (κ2) is 5.31. The molecule has 1 aromatic rings. The van der Waals surface area contributed by atoms with Crippen LogP contribution in [0.25, 0.3) is 0 Å². The molecule has 1 aromatic carbocycles. The minimum Gasteiger partial charge on any atom is -0.388 e. The number of rotatable bonds is 4. The Morgan fingerprint density at radius 1 is 1.36 bits per heavy atom. The van der Waals surface area contributed by atoms with E-state index in [0.717, 1.165) is 12.2 Å². The van der Waals surface area contributed by atoms with E-state index in [1.807, 2.05) is 14.1 Å². The number of anilines is 1. The van der Waals surface area contributed by atoms with E-state index in [1.54, 1.807) is 0 Å². The van der Waals surface area contributed by atoms with Crippen molar-refractivity contribution in [1.29, 1.82) is 0 Å². The first-order valence-corrected chi connectivity index (χ1v) is 4.65. The number of nitrogens with zero attached hydrogens (tertiary/aromatic N) is 1. The lowest BCUT2D eigenvalue weighted by Gasteiger charge is -2.13. The van der Waals surface area contributed by atoms with E-state index in [-0.39, 0.29) is 0 Å². The smallest absolute Gasteiger partial charge is 0.0599 e. The summed E-state index contributed by atoms with van der Waals surface area (Å²) in [5.41, 5.74) is 2.41. The zero-order chi connectivity index (χ0) is 10.4. The molecule has 0 aliphatic carbocycles. The molecule has 0 unspecified atom stereocenters. The predicted molar refractivity (Wildman–Crippen MR) is 61.2 cm³/mol. The first-order chi connectivity index (χ1) is 6.76. The summed E-state index contributed by atoms with van der Waals surface area (Å²) in [6, 6.07) is 8.36. The number of nitrogens with one attached hydrogen (secondary N) is 1. The van der Waals surface area contributed by atoms with Crippen molar-refractivity contribution in [2.45, 2.75) is 6.54 Å². The minimum absolute atomic E-state index is 0.688. The number of benzene rings is 1. The van der Waals surface area contributed by atoms with Gasteiger partial charge in [0.15, 0.2) is 0 Å². The average molecular weight is 188 g/mol. The second-order valence-electron chi connectivity index (χ2n) is 3.32. The largest absolute Gasteiger partial charge is 0.388 e. The monoisotopic (exact) mass is 188 g/mol. The van der Waals surface area contributed by atoms with E-state index in [2.05, 4.69) is 40.4 Å². The van der Waals surface area contributed by atoms with Gasteiger partial charge in [-0.2, -0.15) is 0 Å². The van der Waals surface area contributed by atoms with Crippen LogP contribution in [0.1, 0.15) is 5.56 Å². The van der Waals surface area contributed by atoms with Crippen LogP contribution >= 0.6 is 0 Å². The Kier molecular flexibility index (Phi) is 4.03. The summed E-state index contributed by atoms with van der Waals surface area (Å²) in [6.45, 7) is 1.59. The van der Waals surface area contributed by atoms with E-state index < -0.39 is 0 Å². The summed E-state index contributed by atoms with van der Waals surface area (Å²) < 4.78 is 0. The molecule has 0 amide bonds. The van der Waals surface area contributed by atoms with Crippen molar-refractivity contribution in [3.63, 3.8) is 0 Å². The van der Waals surface area contributed by atoms with Gasteiger partial charge in [0, 0.05) is 19.3 Å². The van der Waals surface area contributed by atoms with Crippen molar-refractivity contribution in [2.75, 3.05) is 26.0 Å². The molecule has 14 heavy (non-hydrogen) atoms. The normalized spacial score (nSPS) is 9.86. The molecule has 2 heteroatoms. The fourth-order valence-electron chi connectivity index (χ4n) is 1.30. The fourth-order valence-corrected chi connectivity index (χ4v) is 1.30. The van der Waals surface area contributed by atoms with Gasteiger partial charge in [0.1, 0.15) is 0 Å². The van der Waals surface area contributed by atoms with Gasteiger partial charge in [-0.3, -0.25) is 4.90 Å². The summed E-state index contributed by atoms with van der Waals surface area (Å²) in [7, 11) is 3.94. The van der Waals surface area contributed by atoms with Crippen LogP contribution in [0.5, 0.6) is 0 Å². The summed E-state index contributed by atoms with van der Waals surface area (Å²) in [5.74, 6) is 2.62. The van der Waals surface area contributed by atoms with Crippen molar-refractivity contribution < 1.29 is 0 Å². The molecule has 0 aliphatic rings. The van der Waals surface area contributed by atoms with Crippen molar-refractivity contribution in [1.82, 2.24) is 4.90 Å². The molecule has 1 rings (SSSR count). The van der Waals surface area contributed by atoms with Crippen LogP contribution < -0.4 is 5.32 Å². The summed E-state index contributed by atoms with van der Waals surface area (Å²) >= 11 is 0. The van der Waals surface area contributed by atoms with Crippen molar-refractivity contribution >= 4 is 5.69 Å². The number of hydrogen-bond acceptors (Lipinski definition) is 2. The molecular weight excluding hydrogens is 172 g/mol. The molecule has 0 aromatic heterocycles. The molecule has 0 bridgehead atoms. The quantitative estimate of drug-likeness (QED) is 0.725. The first kappa shape index (κ1) is 10.6. The Hall–Kier alpha value is -1.46. The maximum atomic E-state index is 5.23. The standard InChI is InChI=1S/C12H16N2/c1-4-9-14(3)10-11-5-7-12(13-2)8-6-11/h1,5-8,13H,9-10H2,2-3H3. The lowest BCUT2D eigenvalue weighted by molar-refractivity contribution is 0.369. The Morgan fingerprint density at radius 2 is 2.00 bits per heavy atom. The predicted octanol–water partition coefficient (Wildman–Crippen LogP) is 1.79. The molecule has 0 radical (unpaired) electrons. The average Bonchev–Trinajstić information content (AvgIpc) is 2.19. The highest BCUT2D eigenvalue weighted by molar-refractivity contribution is 5.43. The van der Waals surface area contributed by atoms with Gasteiger partial charge < -0.3 is 5.32 Å². The molecule has 2 nitrogen and oxygen atoms in total. The molecule has 0 atom stereocenters. The first-order valence-electron chi connectivity index (χ1n) is 4.65. The highest BCUT2D eigenvalue weighted by Gasteiger charge is 1.97. The molecule has 0 heterocycles. The van der Waals surface area contributed by atoms with E-state index in [0.29, 0.717) is 6.54 Å². The van der Waals surface area contributed by atoms with Gasteiger partial charge in [-0.25, -0.2) is 0 Å². The van der Waals surface area contributed by atoms with Crippen LogP contribution in [-0.4, -0.2) is 25.5 Å². The summed E-state index contributed by atoms with van der Waals surface area (Å²) in [5, 5.41) is 3.09. The van der Waals surface area contributed by atoms with Crippen LogP contribution in [0.4, 0.5) is 5.69 Å². The van der Waals surface area contributed by atoms with E-state index in [4.69, 9.17) is 6.42 Å². The van der Waals surface area contributed by atoms with Crippen molar-refractivity contribution in [2.24, 2.45) is 0 Å². The lowest BCUT2D eigenvalue weighted by atomic mass is 10.2. The van der Waals surface area contributed by atoms with Gasteiger partial charge in [-0.05, 0) is 24.7 Å². The molecular formula is C12H16N2. The number of terminal acetylenes is 1. The molecule has 0 saturated heterocycles. The molecule has 0 saturated carbocycles. The number of hydrogen-bond donors (Lipinski definition) is 1. The summed E-state index contributed by atoms with van der Waals surface area (Å²) in [4.78, 5) is 2.11. The Balaban J connectivity index is 2.56. The van der Waals surface area contributed by atoms with Crippen LogP contribution in [-0.2, 0) is 6.54 Å². The zero-order valence-corrected chi connectivity index (χ0v) is 8.75. The van der Waals surface area contributed by atoms with Crippen molar-refractivity contribution in [3.05, 3.63) is 29.8 Å². The third-order valence-electron chi connectivity index (χ3n) is 2.06. The highest BCUT2D eigenvalue weighted by atomic mass is 15.1. The van der Waals surface area contributed by atoms with Crippen LogP contribution in [0, 0.1) is 12.3 Å². The summed E-state index contributed by atoms with van der Waals surface area (Å²) in [6.07, 6.45) is 5.23. The molecule has 1 N–H and O–H groups in total. The van der Waals surface area contributed by atoms with Gasteiger partial charge in [0.05, 0.1) is 6.54 Å². The topological polar surface area (TPSA) is 15.3 Å². The van der Waals surface area contributed by atoms with Crippen LogP contribution in [0.3, 0.4) is 0 Å². The van der Waals surface area contributed by atoms with Gasteiger partial charge in [0.2, 0.25) is 0 Å². The Bertz CT molecular complexity index is 308. The van der Waals surface area contributed by atoms with Gasteiger partial charge in [-0.1, -0.05) is 18.1 Å². The van der Waals surface area contributed by atoms with Crippen molar-refractivity contribution in [3.8, 4) is 12.3 Å². The van der Waals surface area contributed by atoms with Gasteiger partial charge in [0.25, 0.3) is 0 Å². The third kappa shape index (κ3) is 3.12. The molecule has 74 valence electrons. The van der Waals surface area contributed by atoms with Crippen LogP contribution in [0.15, 0.2) is 24.3 Å². The van der Waals surface area contributed by atoms with Gasteiger partial charge in [-0.15, -0.1) is 6.42 Å². The molecule has 0 spiro atoms.